The smallest absolute Gasteiger partial charge is 0.227 e. The number of amides is 1. The quantitative estimate of drug-likeness (QED) is 0.387. The van der Waals surface area contributed by atoms with Crippen molar-refractivity contribution in [3.8, 4) is 0 Å². The molecular weight excluding hydrogens is 502 g/mol. The second kappa shape index (κ2) is 9.27. The molecule has 3 aromatic rings. The third-order valence-corrected chi connectivity index (χ3v) is 7.15. The fourth-order valence-electron chi connectivity index (χ4n) is 4.79. The maximum absolute atomic E-state index is 12.9. The number of hydrogen-bond acceptors (Lipinski definition) is 3. The first-order chi connectivity index (χ1) is 16.0. The van der Waals surface area contributed by atoms with E-state index in [9.17, 15) is 10.0 Å². The molecule has 1 amide bonds. The van der Waals surface area contributed by atoms with Crippen LogP contribution in [0.1, 0.15) is 40.8 Å². The number of piperidine rings is 1. The van der Waals surface area contributed by atoms with Crippen molar-refractivity contribution in [2.75, 3.05) is 13.1 Å². The molecule has 1 aliphatic heterocycles. The lowest BCUT2D eigenvalue weighted by Gasteiger charge is -2.30. The highest BCUT2D eigenvalue weighted by Gasteiger charge is 2.27. The zero-order valence-electron chi connectivity index (χ0n) is 18.1. The first-order valence-corrected chi connectivity index (χ1v) is 12.3. The van der Waals surface area contributed by atoms with Crippen molar-refractivity contribution in [1.29, 1.82) is 0 Å². The minimum Gasteiger partial charge on any atom is -0.342 e. The number of hydrogen-bond donors (Lipinski definition) is 1. The van der Waals surface area contributed by atoms with Crippen molar-refractivity contribution >= 4 is 39.0 Å². The fraction of sp³-hybridized carbons (Fsp3) is 0.269. The van der Waals surface area contributed by atoms with Crippen molar-refractivity contribution in [3.05, 3.63) is 98.0 Å². The van der Waals surface area contributed by atoms with E-state index >= 15 is 0 Å². The first-order valence-electron chi connectivity index (χ1n) is 11.1. The van der Waals surface area contributed by atoms with Gasteiger partial charge in [0.25, 0.3) is 0 Å². The second-order valence-corrected chi connectivity index (χ2v) is 9.94. The van der Waals surface area contributed by atoms with Crippen molar-refractivity contribution in [2.45, 2.75) is 32.1 Å². The summed E-state index contributed by atoms with van der Waals surface area (Å²) in [7, 11) is 0. The highest BCUT2D eigenvalue weighted by Crippen LogP contribution is 2.39. The van der Waals surface area contributed by atoms with Crippen molar-refractivity contribution in [3.63, 3.8) is 0 Å². The van der Waals surface area contributed by atoms with Crippen LogP contribution >= 0.6 is 27.5 Å². The van der Waals surface area contributed by atoms with Crippen LogP contribution in [-0.4, -0.2) is 34.1 Å². The zero-order chi connectivity index (χ0) is 22.9. The number of carbonyl (C=O) groups is 1. The molecule has 0 bridgehead atoms. The van der Waals surface area contributed by atoms with Gasteiger partial charge in [0.1, 0.15) is 0 Å². The molecule has 1 fully saturated rings. The van der Waals surface area contributed by atoms with Gasteiger partial charge in [0.05, 0.1) is 12.1 Å². The Labute approximate surface area is 206 Å². The number of likely N-dealkylation sites (tertiary alicyclic amines) is 1. The van der Waals surface area contributed by atoms with E-state index in [1.807, 2.05) is 17.2 Å². The minimum absolute atomic E-state index is 0.116. The largest absolute Gasteiger partial charge is 0.342 e. The third kappa shape index (κ3) is 4.68. The van der Waals surface area contributed by atoms with E-state index in [0.717, 1.165) is 51.2 Å². The molecule has 7 heteroatoms. The monoisotopic (exact) mass is 524 g/mol. The summed E-state index contributed by atoms with van der Waals surface area (Å²) in [5.41, 5.74) is 8.21. The highest BCUT2D eigenvalue weighted by atomic mass is 79.9. The maximum atomic E-state index is 12.9. The molecule has 0 atom stereocenters. The number of halogens is 2. The van der Waals surface area contributed by atoms with Gasteiger partial charge in [0, 0.05) is 51.2 Å². The predicted octanol–water partition coefficient (Wildman–Crippen LogP) is 4.79. The van der Waals surface area contributed by atoms with Crippen LogP contribution in [0.5, 0.6) is 0 Å². The summed E-state index contributed by atoms with van der Waals surface area (Å²) in [6.45, 7) is 1.39. The normalized spacial score (nSPS) is 15.6. The van der Waals surface area contributed by atoms with Gasteiger partial charge in [-0.25, -0.2) is 0 Å². The number of fused-ring (bicyclic) bond motifs is 2. The molecule has 1 aromatic carbocycles. The van der Waals surface area contributed by atoms with Crippen LogP contribution in [0.25, 0.3) is 5.57 Å². The molecule has 1 saturated heterocycles. The third-order valence-electron chi connectivity index (χ3n) is 6.48. The Bertz CT molecular complexity index is 1190. The van der Waals surface area contributed by atoms with Gasteiger partial charge in [-0.05, 0) is 82.1 Å². The number of benzene rings is 1. The lowest BCUT2D eigenvalue weighted by molar-refractivity contribution is -0.904. The van der Waals surface area contributed by atoms with Gasteiger partial charge >= 0.3 is 0 Å². The molecule has 0 spiro atoms. The van der Waals surface area contributed by atoms with Crippen LogP contribution in [0.3, 0.4) is 0 Å². The summed E-state index contributed by atoms with van der Waals surface area (Å²) in [6, 6.07) is 11.9. The van der Waals surface area contributed by atoms with E-state index in [2.05, 4.69) is 34.1 Å². The van der Waals surface area contributed by atoms with E-state index < -0.39 is 0 Å². The van der Waals surface area contributed by atoms with E-state index in [-0.39, 0.29) is 5.91 Å². The summed E-state index contributed by atoms with van der Waals surface area (Å²) in [5.74, 6) is 0.116. The highest BCUT2D eigenvalue weighted by molar-refractivity contribution is 9.10. The predicted molar refractivity (Wildman–Crippen MR) is 130 cm³/mol. The second-order valence-electron chi connectivity index (χ2n) is 8.59. The molecule has 0 saturated carbocycles. The first kappa shape index (κ1) is 22.1. The Morgan fingerprint density at radius 2 is 1.79 bits per heavy atom. The van der Waals surface area contributed by atoms with Gasteiger partial charge in [-0.2, -0.15) is 0 Å². The molecule has 5 nitrogen and oxygen atoms in total. The molecule has 0 unspecified atom stereocenters. The molecule has 33 heavy (non-hydrogen) atoms. The maximum Gasteiger partial charge on any atom is 0.227 e. The van der Waals surface area contributed by atoms with Crippen molar-refractivity contribution in [2.24, 2.45) is 0 Å². The number of aromatic nitrogens is 2. The standard InChI is InChI=1S/C26H24BrClN3O2/c27-21-14-20-2-1-19-15-22(28)3-4-23(19)25(26(20)29-16-21)18-7-9-30(10-8-18)24(32)13-17-5-11-31(33)12-6-17/h3-6,11-12,14-16,33H,1-2,7-10,13H2/q+1. The molecule has 2 aromatic heterocycles. The zero-order valence-corrected chi connectivity index (χ0v) is 20.4. The van der Waals surface area contributed by atoms with E-state index in [1.54, 1.807) is 24.5 Å². The molecule has 3 heterocycles. The van der Waals surface area contributed by atoms with E-state index in [4.69, 9.17) is 16.6 Å². The topological polar surface area (TPSA) is 57.3 Å². The SMILES string of the molecule is O=C(Cc1cc[n+](O)cc1)N1CCC(=C2c3ccc(Cl)cc3CCc3cc(Br)cnc32)CC1. The van der Waals surface area contributed by atoms with Gasteiger partial charge in [0.2, 0.25) is 18.3 Å². The Morgan fingerprint density at radius 3 is 2.55 bits per heavy atom. The summed E-state index contributed by atoms with van der Waals surface area (Å²) in [4.78, 5) is 19.6. The summed E-state index contributed by atoms with van der Waals surface area (Å²) in [6.07, 6.45) is 8.79. The minimum atomic E-state index is 0.116. The average molecular weight is 526 g/mol. The number of carbonyl (C=O) groups excluding carboxylic acids is 1. The van der Waals surface area contributed by atoms with Crippen LogP contribution in [0.2, 0.25) is 5.02 Å². The van der Waals surface area contributed by atoms with Gasteiger partial charge < -0.3 is 4.90 Å². The van der Waals surface area contributed by atoms with E-state index in [1.165, 1.54) is 27.8 Å². The molecule has 2 aliphatic rings. The molecule has 0 radical (unpaired) electrons. The lowest BCUT2D eigenvalue weighted by Crippen LogP contribution is -2.37. The molecule has 1 aliphatic carbocycles. The molecule has 5 rings (SSSR count). The Morgan fingerprint density at radius 1 is 1.06 bits per heavy atom. The van der Waals surface area contributed by atoms with Gasteiger partial charge in [-0.1, -0.05) is 23.2 Å². The summed E-state index contributed by atoms with van der Waals surface area (Å²) >= 11 is 9.91. The number of rotatable bonds is 2. The summed E-state index contributed by atoms with van der Waals surface area (Å²) in [5, 5.41) is 10.1. The van der Waals surface area contributed by atoms with Gasteiger partial charge in [-0.3, -0.25) is 15.0 Å². The van der Waals surface area contributed by atoms with Crippen molar-refractivity contribution in [1.82, 2.24) is 9.88 Å². The summed E-state index contributed by atoms with van der Waals surface area (Å²) < 4.78 is 1.97. The average Bonchev–Trinajstić information content (AvgIpc) is 2.97. The van der Waals surface area contributed by atoms with Crippen molar-refractivity contribution < 1.29 is 14.7 Å². The Kier molecular flexibility index (Phi) is 6.21. The Balaban J connectivity index is 1.44. The van der Waals surface area contributed by atoms with Crippen LogP contribution < -0.4 is 4.73 Å². The number of nitrogens with zero attached hydrogens (tertiary/aromatic N) is 3. The van der Waals surface area contributed by atoms with Crippen LogP contribution in [0, 0.1) is 0 Å². The van der Waals surface area contributed by atoms with Gasteiger partial charge in [-0.15, -0.1) is 0 Å². The van der Waals surface area contributed by atoms with Crippen LogP contribution in [-0.2, 0) is 24.1 Å². The van der Waals surface area contributed by atoms with E-state index in [0.29, 0.717) is 19.5 Å². The van der Waals surface area contributed by atoms with Crippen LogP contribution in [0.15, 0.2) is 65.0 Å². The lowest BCUT2D eigenvalue weighted by atomic mass is 9.88. The molecule has 1 N–H and O–H groups in total. The fourth-order valence-corrected chi connectivity index (χ4v) is 5.37. The number of pyridine rings is 2. The Hall–Kier alpha value is -2.70. The van der Waals surface area contributed by atoms with Crippen LogP contribution in [0.4, 0.5) is 0 Å². The number of aryl methyl sites for hydroxylation is 2. The van der Waals surface area contributed by atoms with Gasteiger partial charge in [0.15, 0.2) is 0 Å². The molecule has 168 valence electrons. The molecular formula is C26H24BrClN3O2+.